The molecule has 0 aromatic carbocycles. The van der Waals surface area contributed by atoms with Crippen LogP contribution in [0.1, 0.15) is 16.2 Å². The van der Waals surface area contributed by atoms with E-state index in [1.165, 1.54) is 6.20 Å². The standard InChI is InChI=1S/C11H10N6O/c1-7-14-15-10-6-8(3-5-16(7)10)11(18)17-9(12)2-4-13-17/h2-6H,12H2,1H3. The lowest BCUT2D eigenvalue weighted by Gasteiger charge is -2.03. The fourth-order valence-corrected chi connectivity index (χ4v) is 1.75. The summed E-state index contributed by atoms with van der Waals surface area (Å²) in [4.78, 5) is 12.1. The van der Waals surface area contributed by atoms with Crippen molar-refractivity contribution in [2.75, 3.05) is 5.73 Å². The molecule has 2 N–H and O–H groups in total. The highest BCUT2D eigenvalue weighted by Crippen LogP contribution is 2.10. The van der Waals surface area contributed by atoms with Gasteiger partial charge in [-0.15, -0.1) is 10.2 Å². The molecule has 0 unspecified atom stereocenters. The molecular weight excluding hydrogens is 232 g/mol. The van der Waals surface area contributed by atoms with Crippen LogP contribution < -0.4 is 5.73 Å². The van der Waals surface area contributed by atoms with Crippen LogP contribution in [-0.2, 0) is 0 Å². The predicted octanol–water partition coefficient (Wildman–Crippen LogP) is 0.505. The average molecular weight is 242 g/mol. The third-order valence-electron chi connectivity index (χ3n) is 2.69. The summed E-state index contributed by atoms with van der Waals surface area (Å²) in [7, 11) is 0. The van der Waals surface area contributed by atoms with Gasteiger partial charge in [0.2, 0.25) is 0 Å². The normalized spacial score (nSPS) is 10.9. The van der Waals surface area contributed by atoms with Crippen LogP contribution in [0, 0.1) is 6.92 Å². The van der Waals surface area contributed by atoms with E-state index in [1.807, 2.05) is 6.92 Å². The second-order valence-corrected chi connectivity index (χ2v) is 3.86. The fourth-order valence-electron chi connectivity index (χ4n) is 1.75. The van der Waals surface area contributed by atoms with E-state index in [1.54, 1.807) is 28.8 Å². The van der Waals surface area contributed by atoms with Crippen LogP contribution >= 0.6 is 0 Å². The van der Waals surface area contributed by atoms with E-state index in [0.717, 1.165) is 10.5 Å². The summed E-state index contributed by atoms with van der Waals surface area (Å²) < 4.78 is 2.94. The largest absolute Gasteiger partial charge is 0.383 e. The Morgan fingerprint density at radius 1 is 1.33 bits per heavy atom. The van der Waals surface area contributed by atoms with Gasteiger partial charge in [0, 0.05) is 17.8 Å². The van der Waals surface area contributed by atoms with Crippen molar-refractivity contribution in [1.82, 2.24) is 24.4 Å². The summed E-state index contributed by atoms with van der Waals surface area (Å²) in [5.74, 6) is 0.778. The number of hydrogen-bond acceptors (Lipinski definition) is 5. The number of carbonyl (C=O) groups excluding carboxylic acids is 1. The Morgan fingerprint density at radius 3 is 2.89 bits per heavy atom. The van der Waals surface area contributed by atoms with Crippen LogP contribution in [0.15, 0.2) is 30.6 Å². The average Bonchev–Trinajstić information content (AvgIpc) is 2.95. The Bertz CT molecular complexity index is 741. The summed E-state index contributed by atoms with van der Waals surface area (Å²) >= 11 is 0. The number of carbonyl (C=O) groups is 1. The maximum absolute atomic E-state index is 12.1. The minimum atomic E-state index is -0.291. The van der Waals surface area contributed by atoms with Crippen molar-refractivity contribution in [2.45, 2.75) is 6.92 Å². The van der Waals surface area contributed by atoms with Gasteiger partial charge in [-0.3, -0.25) is 9.20 Å². The Morgan fingerprint density at radius 2 is 2.17 bits per heavy atom. The number of nitrogen functional groups attached to an aromatic ring is 1. The third kappa shape index (κ3) is 1.45. The lowest BCUT2D eigenvalue weighted by atomic mass is 10.2. The van der Waals surface area contributed by atoms with Gasteiger partial charge < -0.3 is 5.73 Å². The number of aromatic nitrogens is 5. The maximum Gasteiger partial charge on any atom is 0.280 e. The number of nitrogens with two attached hydrogens (primary N) is 1. The minimum absolute atomic E-state index is 0.291. The van der Waals surface area contributed by atoms with Crippen LogP contribution in [0.3, 0.4) is 0 Å². The smallest absolute Gasteiger partial charge is 0.280 e. The molecule has 3 heterocycles. The Balaban J connectivity index is 2.10. The third-order valence-corrected chi connectivity index (χ3v) is 2.69. The van der Waals surface area contributed by atoms with E-state index in [-0.39, 0.29) is 5.91 Å². The molecule has 0 fully saturated rings. The summed E-state index contributed by atoms with van der Waals surface area (Å²) in [5, 5.41) is 11.8. The molecule has 0 aliphatic carbocycles. The highest BCUT2D eigenvalue weighted by atomic mass is 16.2. The van der Waals surface area contributed by atoms with Gasteiger partial charge in [0.25, 0.3) is 5.91 Å². The predicted molar refractivity (Wildman–Crippen MR) is 64.1 cm³/mol. The second-order valence-electron chi connectivity index (χ2n) is 3.86. The molecule has 0 saturated carbocycles. The molecule has 0 bridgehead atoms. The first kappa shape index (κ1) is 10.5. The van der Waals surface area contributed by atoms with E-state index in [0.29, 0.717) is 17.0 Å². The lowest BCUT2D eigenvalue weighted by molar-refractivity contribution is 0.0948. The Labute approximate surface area is 102 Å². The zero-order valence-electron chi connectivity index (χ0n) is 9.61. The molecule has 0 aliphatic rings. The molecule has 0 amide bonds. The molecule has 0 spiro atoms. The van der Waals surface area contributed by atoms with Gasteiger partial charge in [-0.1, -0.05) is 0 Å². The van der Waals surface area contributed by atoms with Gasteiger partial charge in [-0.05, 0) is 19.1 Å². The second kappa shape index (κ2) is 3.66. The number of nitrogens with zero attached hydrogens (tertiary/aromatic N) is 5. The number of aryl methyl sites for hydroxylation is 1. The van der Waals surface area contributed by atoms with Crippen LogP contribution in [0.25, 0.3) is 5.65 Å². The van der Waals surface area contributed by atoms with E-state index in [9.17, 15) is 4.79 Å². The van der Waals surface area contributed by atoms with Crippen molar-refractivity contribution in [3.63, 3.8) is 0 Å². The van der Waals surface area contributed by atoms with Crippen LogP contribution in [0.4, 0.5) is 5.82 Å². The molecule has 18 heavy (non-hydrogen) atoms. The quantitative estimate of drug-likeness (QED) is 0.671. The minimum Gasteiger partial charge on any atom is -0.383 e. The summed E-state index contributed by atoms with van der Waals surface area (Å²) in [6.45, 7) is 1.84. The van der Waals surface area contributed by atoms with Gasteiger partial charge in [-0.25, -0.2) is 0 Å². The summed E-state index contributed by atoms with van der Waals surface area (Å²) in [6, 6.07) is 4.91. The van der Waals surface area contributed by atoms with Crippen molar-refractivity contribution in [3.8, 4) is 0 Å². The molecule has 7 heteroatoms. The zero-order chi connectivity index (χ0) is 12.7. The zero-order valence-corrected chi connectivity index (χ0v) is 9.61. The summed E-state index contributed by atoms with van der Waals surface area (Å²) in [5.41, 5.74) is 6.72. The SMILES string of the molecule is Cc1nnc2cc(C(=O)n3nccc3N)ccn12. The molecule has 3 rings (SSSR count). The topological polar surface area (TPSA) is 91.1 Å². The highest BCUT2D eigenvalue weighted by molar-refractivity contribution is 5.97. The number of anilines is 1. The van der Waals surface area contributed by atoms with Gasteiger partial charge in [0.15, 0.2) is 5.65 Å². The Hall–Kier alpha value is -2.70. The molecule has 0 atom stereocenters. The van der Waals surface area contributed by atoms with Crippen LogP contribution in [0.5, 0.6) is 0 Å². The molecule has 7 nitrogen and oxygen atoms in total. The molecule has 0 aliphatic heterocycles. The number of fused-ring (bicyclic) bond motifs is 1. The van der Waals surface area contributed by atoms with Crippen molar-refractivity contribution < 1.29 is 4.79 Å². The van der Waals surface area contributed by atoms with Crippen LogP contribution in [-0.4, -0.2) is 30.3 Å². The van der Waals surface area contributed by atoms with E-state index in [2.05, 4.69) is 15.3 Å². The Kier molecular flexibility index (Phi) is 2.12. The van der Waals surface area contributed by atoms with Gasteiger partial charge >= 0.3 is 0 Å². The number of pyridine rings is 1. The molecule has 3 aromatic rings. The van der Waals surface area contributed by atoms with E-state index < -0.39 is 0 Å². The maximum atomic E-state index is 12.1. The first-order valence-electron chi connectivity index (χ1n) is 5.32. The molecular formula is C11H10N6O. The van der Waals surface area contributed by atoms with Gasteiger partial charge in [0.1, 0.15) is 11.6 Å². The van der Waals surface area contributed by atoms with E-state index >= 15 is 0 Å². The molecule has 90 valence electrons. The number of rotatable bonds is 1. The molecule has 0 saturated heterocycles. The fraction of sp³-hybridized carbons (Fsp3) is 0.0909. The van der Waals surface area contributed by atoms with Gasteiger partial charge in [0.05, 0.1) is 6.20 Å². The summed E-state index contributed by atoms with van der Waals surface area (Å²) in [6.07, 6.45) is 3.23. The first-order valence-corrected chi connectivity index (χ1v) is 5.32. The molecule has 3 aromatic heterocycles. The van der Waals surface area contributed by atoms with E-state index in [4.69, 9.17) is 5.73 Å². The highest BCUT2D eigenvalue weighted by Gasteiger charge is 2.13. The molecule has 0 radical (unpaired) electrons. The van der Waals surface area contributed by atoms with Crippen molar-refractivity contribution in [3.05, 3.63) is 42.0 Å². The lowest BCUT2D eigenvalue weighted by Crippen LogP contribution is -2.16. The van der Waals surface area contributed by atoms with Crippen molar-refractivity contribution in [1.29, 1.82) is 0 Å². The van der Waals surface area contributed by atoms with Crippen molar-refractivity contribution >= 4 is 17.4 Å². The van der Waals surface area contributed by atoms with Crippen LogP contribution in [0.2, 0.25) is 0 Å². The first-order chi connectivity index (χ1) is 8.66. The van der Waals surface area contributed by atoms with Crippen molar-refractivity contribution in [2.24, 2.45) is 0 Å². The number of hydrogen-bond donors (Lipinski definition) is 1. The monoisotopic (exact) mass is 242 g/mol. The van der Waals surface area contributed by atoms with Gasteiger partial charge in [-0.2, -0.15) is 9.78 Å².